The highest BCUT2D eigenvalue weighted by Crippen LogP contribution is 2.38. The second kappa shape index (κ2) is 13.0. The maximum Gasteiger partial charge on any atom is 0.255 e. The number of anilines is 2. The maximum absolute atomic E-state index is 13.8. The Morgan fingerprint density at radius 2 is 1.60 bits per heavy atom. The molecule has 0 radical (unpaired) electrons. The molecule has 1 aliphatic heterocycles. The highest BCUT2D eigenvalue weighted by molar-refractivity contribution is 7.98. The predicted molar refractivity (Wildman–Crippen MR) is 173 cm³/mol. The molecule has 2 N–H and O–H groups in total. The topological polar surface area (TPSA) is 81.1 Å². The van der Waals surface area contributed by atoms with Crippen LogP contribution in [0, 0.1) is 0 Å². The maximum atomic E-state index is 13.8. The lowest BCUT2D eigenvalue weighted by molar-refractivity contribution is -0.113. The van der Waals surface area contributed by atoms with Crippen LogP contribution in [-0.4, -0.2) is 20.7 Å². The molecule has 0 saturated carbocycles. The van der Waals surface area contributed by atoms with Crippen LogP contribution in [0.15, 0.2) is 120 Å². The summed E-state index contributed by atoms with van der Waals surface area (Å²) in [5.41, 5.74) is 4.70. The molecule has 0 fully saturated rings. The highest BCUT2D eigenvalue weighted by atomic mass is 35.5. The minimum atomic E-state index is -0.523. The van der Waals surface area contributed by atoms with Gasteiger partial charge in [-0.15, -0.1) is 5.10 Å². The van der Waals surface area contributed by atoms with Gasteiger partial charge in [-0.25, -0.2) is 4.68 Å². The molecule has 216 valence electrons. The molecule has 6 rings (SSSR count). The number of nitrogens with one attached hydrogen (secondary N) is 2. The fourth-order valence-corrected chi connectivity index (χ4v) is 6.10. The second-order valence-corrected chi connectivity index (χ2v) is 11.6. The summed E-state index contributed by atoms with van der Waals surface area (Å²) in [6, 6.07) is 32.0. The minimum Gasteiger partial charge on any atom is -0.489 e. The average Bonchev–Trinajstić information content (AvgIpc) is 3.43. The number of carbonyl (C=O) groups is 1. The van der Waals surface area contributed by atoms with Gasteiger partial charge in [-0.1, -0.05) is 102 Å². The number of hydrogen-bond acceptors (Lipinski definition) is 6. The van der Waals surface area contributed by atoms with E-state index in [0.29, 0.717) is 43.9 Å². The van der Waals surface area contributed by atoms with Gasteiger partial charge in [0.25, 0.3) is 5.91 Å². The van der Waals surface area contributed by atoms with Gasteiger partial charge in [-0.2, -0.15) is 4.98 Å². The molecule has 1 unspecified atom stereocenters. The molecule has 1 atom stereocenters. The van der Waals surface area contributed by atoms with E-state index < -0.39 is 6.04 Å². The van der Waals surface area contributed by atoms with Crippen molar-refractivity contribution in [3.63, 3.8) is 0 Å². The molecular weight excluding hydrogens is 601 g/mol. The number of halogens is 2. The lowest BCUT2D eigenvalue weighted by atomic mass is 9.95. The van der Waals surface area contributed by atoms with Crippen LogP contribution in [-0.2, 0) is 17.2 Å². The summed E-state index contributed by atoms with van der Waals surface area (Å²) in [6.07, 6.45) is 0. The summed E-state index contributed by atoms with van der Waals surface area (Å²) < 4.78 is 7.78. The Balaban J connectivity index is 1.29. The average molecular weight is 629 g/mol. The summed E-state index contributed by atoms with van der Waals surface area (Å²) in [4.78, 5) is 18.5. The Labute approximate surface area is 263 Å². The summed E-state index contributed by atoms with van der Waals surface area (Å²) >= 11 is 14.2. The SMILES string of the molecule is CC1=C(C(=O)Nc2ccccc2)C(c2ccc(OCc3c(Cl)cccc3Cl)cc2)n2nc(SCc3ccccc3)nc2N1. The molecule has 1 aliphatic rings. The number of nitrogens with zero attached hydrogens (tertiary/aromatic N) is 3. The lowest BCUT2D eigenvalue weighted by Crippen LogP contribution is -2.31. The normalized spacial score (nSPS) is 14.2. The van der Waals surface area contributed by atoms with Gasteiger partial charge in [0, 0.05) is 32.7 Å². The minimum absolute atomic E-state index is 0.226. The first-order valence-corrected chi connectivity index (χ1v) is 15.3. The van der Waals surface area contributed by atoms with Crippen molar-refractivity contribution in [3.8, 4) is 5.75 Å². The molecule has 0 bridgehead atoms. The molecule has 5 aromatic rings. The van der Waals surface area contributed by atoms with Crippen LogP contribution >= 0.6 is 35.0 Å². The predicted octanol–water partition coefficient (Wildman–Crippen LogP) is 8.38. The first-order chi connectivity index (χ1) is 21.0. The molecule has 10 heteroatoms. The standard InChI is InChI=1S/C33H27Cl2N5O2S/c1-21-29(31(41)37-24-11-6-3-7-12-24)30(40-32(36-21)38-33(39-40)43-20-22-9-4-2-5-10-22)23-15-17-25(18-16-23)42-19-26-27(34)13-8-14-28(26)35/h2-18,30H,19-20H2,1H3,(H,37,41)(H,36,38,39). The van der Waals surface area contributed by atoms with Crippen LogP contribution in [0.2, 0.25) is 10.0 Å². The highest BCUT2D eigenvalue weighted by Gasteiger charge is 2.34. The largest absolute Gasteiger partial charge is 0.489 e. The number of hydrogen-bond donors (Lipinski definition) is 2. The summed E-state index contributed by atoms with van der Waals surface area (Å²) in [5.74, 6) is 1.71. The molecule has 0 spiro atoms. The Hall–Kier alpha value is -4.24. The number of benzene rings is 4. The Bertz CT molecular complexity index is 1760. The van der Waals surface area contributed by atoms with Crippen molar-refractivity contribution in [2.45, 2.75) is 30.5 Å². The second-order valence-electron chi connectivity index (χ2n) is 9.88. The van der Waals surface area contributed by atoms with Crippen molar-refractivity contribution in [1.82, 2.24) is 14.8 Å². The molecule has 2 heterocycles. The zero-order valence-electron chi connectivity index (χ0n) is 23.1. The first kappa shape index (κ1) is 28.9. The molecule has 4 aromatic carbocycles. The van der Waals surface area contributed by atoms with Crippen LogP contribution in [0.3, 0.4) is 0 Å². The molecule has 0 aliphatic carbocycles. The summed E-state index contributed by atoms with van der Waals surface area (Å²) in [7, 11) is 0. The third-order valence-electron chi connectivity index (χ3n) is 6.96. The van der Waals surface area contributed by atoms with Crippen molar-refractivity contribution in [2.24, 2.45) is 0 Å². The van der Waals surface area contributed by atoms with Gasteiger partial charge in [0.15, 0.2) is 0 Å². The molecular formula is C33H27Cl2N5O2S. The molecule has 0 saturated heterocycles. The number of fused-ring (bicyclic) bond motifs is 1. The number of rotatable bonds is 9. The van der Waals surface area contributed by atoms with Crippen molar-refractivity contribution in [2.75, 3.05) is 10.6 Å². The fourth-order valence-electron chi connectivity index (χ4n) is 4.81. The molecule has 7 nitrogen and oxygen atoms in total. The number of carbonyl (C=O) groups excluding carboxylic acids is 1. The van der Waals surface area contributed by atoms with Gasteiger partial charge < -0.3 is 15.4 Å². The van der Waals surface area contributed by atoms with Gasteiger partial charge >= 0.3 is 0 Å². The van der Waals surface area contributed by atoms with E-state index in [4.69, 9.17) is 38.0 Å². The first-order valence-electron chi connectivity index (χ1n) is 13.6. The van der Waals surface area contributed by atoms with Crippen LogP contribution < -0.4 is 15.4 Å². The van der Waals surface area contributed by atoms with Crippen molar-refractivity contribution >= 4 is 52.5 Å². The van der Waals surface area contributed by atoms with E-state index in [1.807, 2.05) is 79.7 Å². The van der Waals surface area contributed by atoms with E-state index in [0.717, 1.165) is 16.9 Å². The number of ether oxygens (including phenoxy) is 1. The van der Waals surface area contributed by atoms with Gasteiger partial charge in [0.1, 0.15) is 18.4 Å². The van der Waals surface area contributed by atoms with Gasteiger partial charge in [-0.05, 0) is 54.4 Å². The van der Waals surface area contributed by atoms with E-state index in [9.17, 15) is 4.79 Å². The molecule has 1 aromatic heterocycles. The Kier molecular flexibility index (Phi) is 8.69. The molecule has 43 heavy (non-hydrogen) atoms. The number of thioether (sulfide) groups is 1. The van der Waals surface area contributed by atoms with Gasteiger partial charge in [0.2, 0.25) is 11.1 Å². The smallest absolute Gasteiger partial charge is 0.255 e. The molecule has 1 amide bonds. The summed E-state index contributed by atoms with van der Waals surface area (Å²) in [6.45, 7) is 2.11. The fraction of sp³-hybridized carbons (Fsp3) is 0.121. The summed E-state index contributed by atoms with van der Waals surface area (Å²) in [5, 5.41) is 12.9. The van der Waals surface area contributed by atoms with Crippen molar-refractivity contribution in [3.05, 3.63) is 141 Å². The Morgan fingerprint density at radius 1 is 0.930 bits per heavy atom. The Morgan fingerprint density at radius 3 is 2.30 bits per heavy atom. The van der Waals surface area contributed by atoms with E-state index in [-0.39, 0.29) is 12.5 Å². The van der Waals surface area contributed by atoms with Crippen molar-refractivity contribution < 1.29 is 9.53 Å². The van der Waals surface area contributed by atoms with E-state index in [2.05, 4.69) is 22.8 Å². The van der Waals surface area contributed by atoms with E-state index in [1.165, 1.54) is 5.56 Å². The van der Waals surface area contributed by atoms with E-state index >= 15 is 0 Å². The van der Waals surface area contributed by atoms with Crippen molar-refractivity contribution in [1.29, 1.82) is 0 Å². The van der Waals surface area contributed by atoms with Gasteiger partial charge in [-0.3, -0.25) is 4.79 Å². The monoisotopic (exact) mass is 627 g/mol. The third kappa shape index (κ3) is 6.57. The zero-order valence-corrected chi connectivity index (χ0v) is 25.5. The number of amides is 1. The number of allylic oxidation sites excluding steroid dienone is 1. The number of aromatic nitrogens is 3. The third-order valence-corrected chi connectivity index (χ3v) is 8.58. The van der Waals surface area contributed by atoms with Crippen LogP contribution in [0.25, 0.3) is 0 Å². The van der Waals surface area contributed by atoms with Crippen LogP contribution in [0.1, 0.15) is 29.7 Å². The van der Waals surface area contributed by atoms with E-state index in [1.54, 1.807) is 34.6 Å². The van der Waals surface area contributed by atoms with Crippen LogP contribution in [0.4, 0.5) is 11.6 Å². The van der Waals surface area contributed by atoms with Crippen LogP contribution in [0.5, 0.6) is 5.75 Å². The lowest BCUT2D eigenvalue weighted by Gasteiger charge is -2.28. The van der Waals surface area contributed by atoms with Gasteiger partial charge in [0.05, 0.1) is 5.57 Å². The zero-order chi connectivity index (χ0) is 29.8. The quantitative estimate of drug-likeness (QED) is 0.160. The number of para-hydroxylation sites is 1.